The van der Waals surface area contributed by atoms with Gasteiger partial charge in [-0.1, -0.05) is 109 Å². The van der Waals surface area contributed by atoms with Gasteiger partial charge in [0.05, 0.1) is 17.9 Å². The number of H-pyrrole nitrogens is 2. The summed E-state index contributed by atoms with van der Waals surface area (Å²) in [5.74, 6) is 0.162. The van der Waals surface area contributed by atoms with E-state index in [4.69, 9.17) is 23.2 Å². The number of carbonyl (C=O) groups excluding carboxylic acids is 1. The summed E-state index contributed by atoms with van der Waals surface area (Å²) in [6.07, 6.45) is 3.51. The summed E-state index contributed by atoms with van der Waals surface area (Å²) in [5.41, 5.74) is 7.39. The summed E-state index contributed by atoms with van der Waals surface area (Å²) < 4.78 is 0. The lowest BCUT2D eigenvalue weighted by Crippen LogP contribution is -2.23. The van der Waals surface area contributed by atoms with E-state index in [1.807, 2.05) is 91.0 Å². The van der Waals surface area contributed by atoms with Crippen LogP contribution in [-0.2, 0) is 0 Å². The van der Waals surface area contributed by atoms with Crippen molar-refractivity contribution >= 4 is 57.1 Å². The van der Waals surface area contributed by atoms with Crippen molar-refractivity contribution in [2.24, 2.45) is 0 Å². The maximum absolute atomic E-state index is 14.3. The number of aromatic nitrogens is 3. The van der Waals surface area contributed by atoms with Crippen molar-refractivity contribution in [2.45, 2.75) is 19.9 Å². The molecule has 2 aromatic heterocycles. The van der Waals surface area contributed by atoms with Gasteiger partial charge in [0.15, 0.2) is 0 Å². The van der Waals surface area contributed by atoms with E-state index < -0.39 is 0 Å². The molecular weight excluding hydrogens is 601 g/mol. The lowest BCUT2D eigenvalue weighted by Gasteiger charge is -2.32. The molecule has 6 rings (SSSR count). The third kappa shape index (κ3) is 6.03. The third-order valence-corrected chi connectivity index (χ3v) is 8.46. The summed E-state index contributed by atoms with van der Waals surface area (Å²) in [7, 11) is 0. The molecule has 1 atom stereocenters. The van der Waals surface area contributed by atoms with Gasteiger partial charge in [-0.25, -0.2) is 0 Å². The number of benzene rings is 4. The molecule has 3 N–H and O–H groups in total. The van der Waals surface area contributed by atoms with E-state index >= 15 is 0 Å². The fourth-order valence-electron chi connectivity index (χ4n) is 5.66. The molecule has 0 bridgehead atoms. The van der Waals surface area contributed by atoms with E-state index in [9.17, 15) is 4.79 Å². The first-order valence-corrected chi connectivity index (χ1v) is 15.3. The van der Waals surface area contributed by atoms with Gasteiger partial charge >= 0.3 is 0 Å². The fraction of sp³-hybridized carbons (Fsp3) is 0.0811. The van der Waals surface area contributed by atoms with Crippen molar-refractivity contribution in [1.29, 1.82) is 0 Å². The van der Waals surface area contributed by atoms with Crippen LogP contribution in [0.3, 0.4) is 0 Å². The van der Waals surface area contributed by atoms with Gasteiger partial charge in [-0.2, -0.15) is 5.10 Å². The van der Waals surface area contributed by atoms with Crippen molar-refractivity contribution < 1.29 is 4.79 Å². The van der Waals surface area contributed by atoms with Gasteiger partial charge in [0.25, 0.3) is 5.91 Å². The quantitative estimate of drug-likeness (QED) is 0.148. The fourth-order valence-corrected chi connectivity index (χ4v) is 5.96. The van der Waals surface area contributed by atoms with E-state index in [0.717, 1.165) is 50.0 Å². The van der Waals surface area contributed by atoms with Crippen LogP contribution in [-0.4, -0.2) is 26.0 Å². The first-order chi connectivity index (χ1) is 21.9. The molecule has 6 aromatic rings. The average molecular weight is 633 g/mol. The largest absolute Gasteiger partial charge is 0.350 e. The molecule has 1 unspecified atom stereocenters. The normalized spacial score (nSPS) is 12.4. The SMILES string of the molecule is C=CN(/C(=C(\C)c1ccccc1)c1c(C(=O)Nc2[nH]ncc2-c2ccccc2)[nH]c2cc(Cl)ccc12)C(C)c1ccc(Cl)cc1. The molecule has 2 heterocycles. The van der Waals surface area contributed by atoms with E-state index in [2.05, 4.69) is 58.0 Å². The maximum atomic E-state index is 14.3. The monoisotopic (exact) mass is 631 g/mol. The Morgan fingerprint density at radius 2 is 1.60 bits per heavy atom. The Kier molecular flexibility index (Phi) is 8.60. The molecule has 1 amide bonds. The average Bonchev–Trinajstić information content (AvgIpc) is 3.68. The Balaban J connectivity index is 1.55. The molecule has 45 heavy (non-hydrogen) atoms. The van der Waals surface area contributed by atoms with Crippen molar-refractivity contribution in [3.8, 4) is 11.1 Å². The second-order valence-electron chi connectivity index (χ2n) is 10.7. The smallest absolute Gasteiger partial charge is 0.273 e. The molecule has 6 nitrogen and oxygen atoms in total. The van der Waals surface area contributed by atoms with Crippen LogP contribution in [0.4, 0.5) is 5.82 Å². The van der Waals surface area contributed by atoms with Crippen LogP contribution < -0.4 is 5.32 Å². The van der Waals surface area contributed by atoms with Crippen molar-refractivity contribution in [3.05, 3.63) is 155 Å². The van der Waals surface area contributed by atoms with Crippen molar-refractivity contribution in [1.82, 2.24) is 20.1 Å². The molecular formula is C37H31Cl2N5O. The molecule has 0 saturated carbocycles. The number of anilines is 1. The lowest BCUT2D eigenvalue weighted by atomic mass is 9.95. The molecule has 0 saturated heterocycles. The minimum atomic E-state index is -0.333. The number of rotatable bonds is 9. The van der Waals surface area contributed by atoms with Gasteiger partial charge in [-0.3, -0.25) is 9.89 Å². The lowest BCUT2D eigenvalue weighted by molar-refractivity contribution is 0.102. The molecule has 8 heteroatoms. The van der Waals surface area contributed by atoms with Crippen molar-refractivity contribution in [2.75, 3.05) is 5.32 Å². The number of allylic oxidation sites excluding steroid dienone is 1. The van der Waals surface area contributed by atoms with Crippen LogP contribution in [0.25, 0.3) is 33.3 Å². The predicted molar refractivity (Wildman–Crippen MR) is 186 cm³/mol. The van der Waals surface area contributed by atoms with Crippen molar-refractivity contribution in [3.63, 3.8) is 0 Å². The van der Waals surface area contributed by atoms with Crippen LogP contribution in [0.5, 0.6) is 0 Å². The van der Waals surface area contributed by atoms with E-state index in [1.165, 1.54) is 0 Å². The molecule has 0 aliphatic carbocycles. The van der Waals surface area contributed by atoms with E-state index in [-0.39, 0.29) is 11.9 Å². The zero-order chi connectivity index (χ0) is 31.5. The van der Waals surface area contributed by atoms with Crippen LogP contribution in [0.15, 0.2) is 122 Å². The summed E-state index contributed by atoms with van der Waals surface area (Å²) in [6.45, 7) is 8.39. The zero-order valence-electron chi connectivity index (χ0n) is 24.8. The molecule has 0 radical (unpaired) electrons. The number of halogens is 2. The van der Waals surface area contributed by atoms with Gasteiger partial charge < -0.3 is 15.2 Å². The Morgan fingerprint density at radius 3 is 2.29 bits per heavy atom. The third-order valence-electron chi connectivity index (χ3n) is 7.97. The highest BCUT2D eigenvalue weighted by atomic mass is 35.5. The minimum absolute atomic E-state index is 0.154. The number of nitrogens with one attached hydrogen (secondary N) is 3. The predicted octanol–water partition coefficient (Wildman–Crippen LogP) is 10.2. The number of aromatic amines is 2. The van der Waals surface area contributed by atoms with Gasteiger partial charge in [-0.15, -0.1) is 0 Å². The number of amides is 1. The zero-order valence-corrected chi connectivity index (χ0v) is 26.3. The Morgan fingerprint density at radius 1 is 0.933 bits per heavy atom. The summed E-state index contributed by atoms with van der Waals surface area (Å²) in [4.78, 5) is 19.8. The highest BCUT2D eigenvalue weighted by Gasteiger charge is 2.29. The summed E-state index contributed by atoms with van der Waals surface area (Å²) >= 11 is 12.7. The second kappa shape index (κ2) is 12.9. The second-order valence-corrected chi connectivity index (χ2v) is 11.6. The first kappa shape index (κ1) is 30.0. The molecule has 0 fully saturated rings. The van der Waals surface area contributed by atoms with Crippen LogP contribution in [0, 0.1) is 0 Å². The molecule has 0 aliphatic heterocycles. The summed E-state index contributed by atoms with van der Waals surface area (Å²) in [6, 6.07) is 33.1. The highest BCUT2D eigenvalue weighted by molar-refractivity contribution is 6.31. The summed E-state index contributed by atoms with van der Waals surface area (Å²) in [5, 5.41) is 12.3. The molecule has 0 spiro atoms. The van der Waals surface area contributed by atoms with E-state index in [0.29, 0.717) is 21.6 Å². The van der Waals surface area contributed by atoms with Crippen LogP contribution in [0.2, 0.25) is 10.0 Å². The van der Waals surface area contributed by atoms with Gasteiger partial charge in [0.1, 0.15) is 11.5 Å². The Bertz CT molecular complexity index is 2010. The number of hydrogen-bond donors (Lipinski definition) is 3. The Labute approximate surface area is 272 Å². The first-order valence-electron chi connectivity index (χ1n) is 14.5. The van der Waals surface area contributed by atoms with Gasteiger partial charge in [0, 0.05) is 32.1 Å². The Hall–Kier alpha value is -5.04. The standard InChI is InChI=1S/C37H31Cl2N5O/c1-4-44(24(3)26-15-17-28(38)18-16-26)35(23(2)25-11-7-5-8-12-25)33-30-20-19-29(39)21-32(30)41-34(33)37(45)42-36-31(22-40-43-36)27-13-9-6-10-14-27/h4-22,24,41H,1H2,2-3H3,(H2,40,42,43,45)/b35-23+. The van der Waals surface area contributed by atoms with Crippen LogP contribution in [0.1, 0.15) is 47.1 Å². The molecule has 224 valence electrons. The maximum Gasteiger partial charge on any atom is 0.273 e. The number of hydrogen-bond acceptors (Lipinski definition) is 3. The minimum Gasteiger partial charge on any atom is -0.350 e. The van der Waals surface area contributed by atoms with Crippen LogP contribution >= 0.6 is 23.2 Å². The molecule has 0 aliphatic rings. The topological polar surface area (TPSA) is 76.8 Å². The number of nitrogens with zero attached hydrogens (tertiary/aromatic N) is 2. The molecule has 4 aromatic carbocycles. The number of carbonyl (C=O) groups is 1. The van der Waals surface area contributed by atoms with Gasteiger partial charge in [0.2, 0.25) is 0 Å². The highest BCUT2D eigenvalue weighted by Crippen LogP contribution is 2.41. The van der Waals surface area contributed by atoms with E-state index in [1.54, 1.807) is 12.4 Å². The van der Waals surface area contributed by atoms with Gasteiger partial charge in [-0.05, 0) is 66.6 Å². The number of fused-ring (bicyclic) bond motifs is 1.